The van der Waals surface area contributed by atoms with Crippen LogP contribution in [0.15, 0.2) is 23.7 Å². The highest BCUT2D eigenvalue weighted by atomic mass is 32.1. The van der Waals surface area contributed by atoms with Gasteiger partial charge in [0.1, 0.15) is 5.60 Å². The first-order valence-electron chi connectivity index (χ1n) is 5.91. The fraction of sp³-hybridized carbons (Fsp3) is 0.417. The first kappa shape index (κ1) is 11.1. The molecule has 6 nitrogen and oxygen atoms in total. The second-order valence-electron chi connectivity index (χ2n) is 4.96. The van der Waals surface area contributed by atoms with Crippen molar-refractivity contribution in [1.29, 1.82) is 0 Å². The molecule has 0 N–H and O–H groups in total. The molecule has 0 aromatic carbocycles. The molecule has 0 radical (unpaired) electrons. The van der Waals surface area contributed by atoms with Crippen LogP contribution in [0, 0.1) is 11.8 Å². The van der Waals surface area contributed by atoms with Gasteiger partial charge in [-0.1, -0.05) is 12.2 Å². The fourth-order valence-electron chi connectivity index (χ4n) is 3.28. The number of carbonyl (C=O) groups is 2. The molecule has 1 spiro atoms. The number of aliphatic carboxylic acids is 1. The van der Waals surface area contributed by atoms with Crippen LogP contribution in [0.25, 0.3) is 0 Å². The predicted octanol–water partition coefficient (Wildman–Crippen LogP) is -0.821. The Morgan fingerprint density at radius 1 is 1.63 bits per heavy atom. The Morgan fingerprint density at radius 3 is 3.16 bits per heavy atom. The number of carboxylic acid groups (broad SMARTS) is 1. The van der Waals surface area contributed by atoms with Crippen LogP contribution in [0.1, 0.15) is 0 Å². The number of amides is 1. The Kier molecular flexibility index (Phi) is 2.01. The lowest BCUT2D eigenvalue weighted by Crippen LogP contribution is -2.45. The molecule has 98 valence electrons. The molecule has 19 heavy (non-hydrogen) atoms. The maximum absolute atomic E-state index is 12.5. The van der Waals surface area contributed by atoms with Crippen molar-refractivity contribution in [3.63, 3.8) is 0 Å². The third-order valence-electron chi connectivity index (χ3n) is 4.02. The van der Waals surface area contributed by atoms with E-state index >= 15 is 0 Å². The van der Waals surface area contributed by atoms with Crippen molar-refractivity contribution in [2.24, 2.45) is 11.8 Å². The molecule has 4 heterocycles. The molecular weight excluding hydrogens is 268 g/mol. The molecule has 1 aromatic heterocycles. The van der Waals surface area contributed by atoms with E-state index in [4.69, 9.17) is 4.74 Å². The Hall–Kier alpha value is -1.73. The largest absolute Gasteiger partial charge is 0.550 e. The SMILES string of the molecule is O=C([O-])[C@@H]1[C@@H]2C=C[C@]3(CN(c4nccs4)C(=O)[C@@H]13)O2. The molecule has 0 saturated carbocycles. The van der Waals surface area contributed by atoms with Crippen molar-refractivity contribution < 1.29 is 19.4 Å². The van der Waals surface area contributed by atoms with Crippen molar-refractivity contribution in [3.05, 3.63) is 23.7 Å². The lowest BCUT2D eigenvalue weighted by Gasteiger charge is -2.24. The van der Waals surface area contributed by atoms with E-state index in [9.17, 15) is 14.7 Å². The van der Waals surface area contributed by atoms with E-state index in [1.54, 1.807) is 17.7 Å². The highest BCUT2D eigenvalue weighted by Crippen LogP contribution is 2.52. The topological polar surface area (TPSA) is 82.6 Å². The number of nitrogens with zero attached hydrogens (tertiary/aromatic N) is 2. The van der Waals surface area contributed by atoms with E-state index in [0.717, 1.165) is 0 Å². The number of anilines is 1. The fourth-order valence-corrected chi connectivity index (χ4v) is 3.93. The van der Waals surface area contributed by atoms with Crippen LogP contribution in [0.3, 0.4) is 0 Å². The highest BCUT2D eigenvalue weighted by Gasteiger charge is 2.65. The van der Waals surface area contributed by atoms with Crippen LogP contribution in [0.2, 0.25) is 0 Å². The van der Waals surface area contributed by atoms with Crippen LogP contribution in [0.4, 0.5) is 5.13 Å². The standard InChI is InChI=1S/C12H10N2O4S/c15-9-8-7(10(16)17)6-1-2-12(8,18-6)5-14(9)11-13-3-4-19-11/h1-4,6-8H,5H2,(H,16,17)/p-1/t6-,7+,8+,12+/m0/s1. The number of hydrogen-bond donors (Lipinski definition) is 0. The molecule has 3 aliphatic heterocycles. The minimum Gasteiger partial charge on any atom is -0.550 e. The smallest absolute Gasteiger partial charge is 0.236 e. The summed E-state index contributed by atoms with van der Waals surface area (Å²) < 4.78 is 5.74. The van der Waals surface area contributed by atoms with Gasteiger partial charge in [-0.3, -0.25) is 9.69 Å². The van der Waals surface area contributed by atoms with Crippen molar-refractivity contribution in [2.45, 2.75) is 11.7 Å². The van der Waals surface area contributed by atoms with Gasteiger partial charge in [-0.15, -0.1) is 11.3 Å². The molecule has 4 atom stereocenters. The van der Waals surface area contributed by atoms with E-state index < -0.39 is 29.5 Å². The lowest BCUT2D eigenvalue weighted by molar-refractivity contribution is -0.313. The van der Waals surface area contributed by atoms with Gasteiger partial charge in [0.15, 0.2) is 5.13 Å². The molecule has 7 heteroatoms. The molecular formula is C12H9N2O4S-. The number of carboxylic acids is 1. The van der Waals surface area contributed by atoms with Crippen molar-refractivity contribution in [2.75, 3.05) is 11.4 Å². The number of hydrogen-bond acceptors (Lipinski definition) is 6. The second-order valence-corrected chi connectivity index (χ2v) is 5.83. The Morgan fingerprint density at radius 2 is 2.47 bits per heavy atom. The summed E-state index contributed by atoms with van der Waals surface area (Å²) in [4.78, 5) is 29.4. The van der Waals surface area contributed by atoms with Gasteiger partial charge in [0.25, 0.3) is 0 Å². The quantitative estimate of drug-likeness (QED) is 0.660. The van der Waals surface area contributed by atoms with Crippen molar-refractivity contribution in [1.82, 2.24) is 4.98 Å². The van der Waals surface area contributed by atoms with Crippen LogP contribution < -0.4 is 10.0 Å². The van der Waals surface area contributed by atoms with Gasteiger partial charge >= 0.3 is 0 Å². The maximum Gasteiger partial charge on any atom is 0.236 e. The van der Waals surface area contributed by atoms with Crippen LogP contribution >= 0.6 is 11.3 Å². The van der Waals surface area contributed by atoms with Gasteiger partial charge < -0.3 is 14.6 Å². The first-order valence-corrected chi connectivity index (χ1v) is 6.79. The third-order valence-corrected chi connectivity index (χ3v) is 4.82. The third kappa shape index (κ3) is 1.26. The van der Waals surface area contributed by atoms with Crippen LogP contribution in [-0.2, 0) is 14.3 Å². The molecule has 0 unspecified atom stereocenters. The summed E-state index contributed by atoms with van der Waals surface area (Å²) in [5, 5.41) is 13.6. The molecule has 2 bridgehead atoms. The first-order chi connectivity index (χ1) is 9.12. The highest BCUT2D eigenvalue weighted by molar-refractivity contribution is 7.13. The van der Waals surface area contributed by atoms with Gasteiger partial charge in [0.2, 0.25) is 5.91 Å². The average Bonchev–Trinajstić information content (AvgIpc) is 3.09. The van der Waals surface area contributed by atoms with Gasteiger partial charge in [0, 0.05) is 23.5 Å². The minimum absolute atomic E-state index is 0.240. The number of rotatable bonds is 2. The predicted molar refractivity (Wildman–Crippen MR) is 63.2 cm³/mol. The van der Waals surface area contributed by atoms with Crippen LogP contribution in [-0.4, -0.2) is 35.1 Å². The van der Waals surface area contributed by atoms with E-state index in [-0.39, 0.29) is 5.91 Å². The van der Waals surface area contributed by atoms with Crippen molar-refractivity contribution in [3.8, 4) is 0 Å². The van der Waals surface area contributed by atoms with Crippen molar-refractivity contribution >= 4 is 28.3 Å². The zero-order chi connectivity index (χ0) is 13.2. The summed E-state index contributed by atoms with van der Waals surface area (Å²) in [6.07, 6.45) is 4.60. The van der Waals surface area contributed by atoms with E-state index in [1.807, 2.05) is 6.08 Å². The second kappa shape index (κ2) is 3.43. The maximum atomic E-state index is 12.5. The zero-order valence-corrected chi connectivity index (χ0v) is 10.5. The monoisotopic (exact) mass is 277 g/mol. The number of thiazole rings is 1. The van der Waals surface area contributed by atoms with E-state index in [0.29, 0.717) is 11.7 Å². The number of ether oxygens (including phenoxy) is 1. The summed E-state index contributed by atoms with van der Waals surface area (Å²) >= 11 is 1.35. The molecule has 2 saturated heterocycles. The Balaban J connectivity index is 1.77. The number of aromatic nitrogens is 1. The summed E-state index contributed by atoms with van der Waals surface area (Å²) in [6, 6.07) is 0. The van der Waals surface area contributed by atoms with Gasteiger partial charge in [-0.05, 0) is 0 Å². The minimum atomic E-state index is -1.23. The molecule has 3 aliphatic rings. The van der Waals surface area contributed by atoms with Crippen LogP contribution in [0.5, 0.6) is 0 Å². The summed E-state index contributed by atoms with van der Waals surface area (Å²) in [5.41, 5.74) is -0.821. The molecule has 2 fully saturated rings. The van der Waals surface area contributed by atoms with Gasteiger partial charge in [-0.2, -0.15) is 0 Å². The molecule has 4 rings (SSSR count). The Labute approximate surface area is 112 Å². The summed E-state index contributed by atoms with van der Waals surface area (Å²) in [6.45, 7) is 0.320. The molecule has 1 aromatic rings. The summed E-state index contributed by atoms with van der Waals surface area (Å²) in [5.74, 6) is -3.06. The Bertz CT molecular complexity index is 599. The number of carbonyl (C=O) groups excluding carboxylic acids is 2. The lowest BCUT2D eigenvalue weighted by atomic mass is 9.77. The van der Waals surface area contributed by atoms with E-state index in [2.05, 4.69) is 4.98 Å². The van der Waals surface area contributed by atoms with E-state index in [1.165, 1.54) is 16.2 Å². The average molecular weight is 277 g/mol. The van der Waals surface area contributed by atoms with Gasteiger partial charge in [0.05, 0.1) is 18.6 Å². The molecule has 0 aliphatic carbocycles. The normalized spacial score (nSPS) is 39.1. The summed E-state index contributed by atoms with van der Waals surface area (Å²) in [7, 11) is 0. The zero-order valence-electron chi connectivity index (χ0n) is 9.68. The van der Waals surface area contributed by atoms with Gasteiger partial charge in [-0.25, -0.2) is 4.98 Å². The number of fused-ring (bicyclic) bond motifs is 1. The molecule has 1 amide bonds.